The number of carbonyl (C=O) groups excluding carboxylic acids is 5. The quantitative estimate of drug-likeness (QED) is 0.0553. The van der Waals surface area contributed by atoms with Crippen molar-refractivity contribution in [2.24, 2.45) is 5.73 Å². The van der Waals surface area contributed by atoms with E-state index in [4.69, 9.17) is 10.9 Å². The van der Waals surface area contributed by atoms with Gasteiger partial charge in [0, 0.05) is 71.5 Å². The van der Waals surface area contributed by atoms with Crippen LogP contribution in [0.2, 0.25) is 0 Å². The number of amides is 5. The van der Waals surface area contributed by atoms with E-state index in [0.717, 1.165) is 70.6 Å². The second-order valence-corrected chi connectivity index (χ2v) is 10.9. The van der Waals surface area contributed by atoms with Crippen molar-refractivity contribution in [3.05, 3.63) is 0 Å². The summed E-state index contributed by atoms with van der Waals surface area (Å²) >= 11 is 0. The van der Waals surface area contributed by atoms with E-state index in [1.54, 1.807) is 11.9 Å². The lowest BCUT2D eigenvalue weighted by Gasteiger charge is -2.38. The molecule has 0 spiro atoms. The van der Waals surface area contributed by atoms with Crippen molar-refractivity contribution >= 4 is 30.0 Å². The zero-order valence-corrected chi connectivity index (χ0v) is 25.1. The molecule has 0 aromatic rings. The highest BCUT2D eigenvalue weighted by molar-refractivity contribution is 5.84. The molecule has 0 aromatic carbocycles. The van der Waals surface area contributed by atoms with E-state index in [1.165, 1.54) is 0 Å². The number of hydrogen-bond donors (Lipinski definition) is 4. The predicted octanol–water partition coefficient (Wildman–Crippen LogP) is 1.94. The number of nitrogens with two attached hydrogens (primary N) is 1. The minimum atomic E-state index is -0.143. The molecular weight excluding hydrogens is 528 g/mol. The number of carbonyl (C=O) groups is 5. The van der Waals surface area contributed by atoms with Gasteiger partial charge in [-0.15, -0.1) is 0 Å². The molecule has 0 bridgehead atoms. The summed E-state index contributed by atoms with van der Waals surface area (Å²) in [5.74, 6) is -0.262. The number of nitrogens with zero attached hydrogens (tertiary/aromatic N) is 3. The van der Waals surface area contributed by atoms with Crippen LogP contribution in [0.4, 0.5) is 0 Å². The van der Waals surface area contributed by atoms with E-state index >= 15 is 0 Å². The molecule has 1 aliphatic carbocycles. The number of hydroxylamine groups is 2. The molecule has 0 unspecified atom stereocenters. The maximum atomic E-state index is 12.9. The highest BCUT2D eigenvalue weighted by Crippen LogP contribution is 2.26. The second-order valence-electron chi connectivity index (χ2n) is 10.9. The van der Waals surface area contributed by atoms with Gasteiger partial charge >= 0.3 is 0 Å². The third kappa shape index (κ3) is 17.6. The SMILES string of the molecule is CN(CCCCCN)C(=O)CCC(=O)NCCCCCN(C(=O)CCC(=O)NCCCCCN(O)C=O)C1CCC1. The molecule has 0 atom stereocenters. The van der Waals surface area contributed by atoms with Gasteiger partial charge in [0.25, 0.3) is 0 Å². The van der Waals surface area contributed by atoms with E-state index in [-0.39, 0.29) is 61.9 Å². The Morgan fingerprint density at radius 1 is 0.756 bits per heavy atom. The molecule has 1 saturated carbocycles. The van der Waals surface area contributed by atoms with Crippen LogP contribution < -0.4 is 16.4 Å². The summed E-state index contributed by atoms with van der Waals surface area (Å²) in [5, 5.41) is 15.4. The lowest BCUT2D eigenvalue weighted by Crippen LogP contribution is -2.45. The minimum Gasteiger partial charge on any atom is -0.356 e. The molecule has 0 aliphatic heterocycles. The van der Waals surface area contributed by atoms with E-state index in [1.807, 2.05) is 4.90 Å². The first-order valence-electron chi connectivity index (χ1n) is 15.5. The van der Waals surface area contributed by atoms with Crippen LogP contribution in [-0.4, -0.2) is 102 Å². The first-order chi connectivity index (χ1) is 19.8. The third-order valence-electron chi connectivity index (χ3n) is 7.50. The first-order valence-corrected chi connectivity index (χ1v) is 15.5. The first kappa shape index (κ1) is 36.3. The summed E-state index contributed by atoms with van der Waals surface area (Å²) < 4.78 is 0. The molecule has 0 saturated heterocycles. The summed E-state index contributed by atoms with van der Waals surface area (Å²) in [6, 6.07) is 0.263. The maximum absolute atomic E-state index is 12.9. The van der Waals surface area contributed by atoms with Crippen molar-refractivity contribution in [2.45, 2.75) is 109 Å². The number of rotatable bonds is 25. The molecule has 0 aromatic heterocycles. The summed E-state index contributed by atoms with van der Waals surface area (Å²) in [5.41, 5.74) is 5.48. The topological polar surface area (TPSA) is 165 Å². The van der Waals surface area contributed by atoms with Crippen LogP contribution in [0.1, 0.15) is 103 Å². The van der Waals surface area contributed by atoms with Crippen LogP contribution >= 0.6 is 0 Å². The largest absolute Gasteiger partial charge is 0.356 e. The van der Waals surface area contributed by atoms with E-state index in [2.05, 4.69) is 10.6 Å². The van der Waals surface area contributed by atoms with Gasteiger partial charge in [0.2, 0.25) is 30.0 Å². The Kier molecular flexibility index (Phi) is 20.3. The van der Waals surface area contributed by atoms with Crippen molar-refractivity contribution in [2.75, 3.05) is 46.3 Å². The Balaban J connectivity index is 2.16. The number of unbranched alkanes of at least 4 members (excludes halogenated alkanes) is 6. The molecule has 12 nitrogen and oxygen atoms in total. The van der Waals surface area contributed by atoms with Crippen molar-refractivity contribution in [1.29, 1.82) is 0 Å². The Hall–Kier alpha value is -2.73. The molecule has 1 fully saturated rings. The van der Waals surface area contributed by atoms with Gasteiger partial charge < -0.3 is 26.2 Å². The molecule has 0 radical (unpaired) electrons. The van der Waals surface area contributed by atoms with E-state index < -0.39 is 0 Å². The smallest absolute Gasteiger partial charge is 0.233 e. The lowest BCUT2D eigenvalue weighted by atomic mass is 9.91. The fourth-order valence-electron chi connectivity index (χ4n) is 4.62. The highest BCUT2D eigenvalue weighted by atomic mass is 16.5. The summed E-state index contributed by atoms with van der Waals surface area (Å²) in [6.45, 7) is 3.34. The normalized spacial score (nSPS) is 12.8. The standard InChI is InChI=1S/C29H54N6O6/c1-33(21-8-2-5-18-30)28(39)16-14-26(37)31-20-7-4-10-23-35(25-12-11-13-25)29(40)17-15-27(38)32-19-6-3-9-22-34(41)24-36/h24-25,41H,2-23,30H2,1H3,(H,31,37)(H,32,38). The van der Waals surface area contributed by atoms with Crippen molar-refractivity contribution in [3.63, 3.8) is 0 Å². The molecule has 12 heteroatoms. The van der Waals surface area contributed by atoms with Gasteiger partial charge in [-0.3, -0.25) is 29.2 Å². The fourth-order valence-corrected chi connectivity index (χ4v) is 4.62. The van der Waals surface area contributed by atoms with Crippen LogP contribution in [-0.2, 0) is 24.0 Å². The van der Waals surface area contributed by atoms with Crippen LogP contribution in [0.5, 0.6) is 0 Å². The lowest BCUT2D eigenvalue weighted by molar-refractivity contribution is -0.149. The van der Waals surface area contributed by atoms with Crippen molar-refractivity contribution in [3.8, 4) is 0 Å². The molecule has 5 amide bonds. The maximum Gasteiger partial charge on any atom is 0.233 e. The van der Waals surface area contributed by atoms with Gasteiger partial charge in [-0.05, 0) is 77.2 Å². The van der Waals surface area contributed by atoms with Gasteiger partial charge in [0.1, 0.15) is 0 Å². The van der Waals surface area contributed by atoms with Crippen molar-refractivity contribution in [1.82, 2.24) is 25.5 Å². The van der Waals surface area contributed by atoms with Crippen molar-refractivity contribution < 1.29 is 29.2 Å². The van der Waals surface area contributed by atoms with E-state index in [0.29, 0.717) is 50.6 Å². The fraction of sp³-hybridized carbons (Fsp3) is 0.828. The molecule has 1 rings (SSSR count). The van der Waals surface area contributed by atoms with Gasteiger partial charge in [0.05, 0.1) is 0 Å². The van der Waals surface area contributed by atoms with Gasteiger partial charge in [-0.25, -0.2) is 5.06 Å². The molecule has 1 aliphatic rings. The Bertz CT molecular complexity index is 779. The van der Waals surface area contributed by atoms with Gasteiger partial charge in [-0.1, -0.05) is 6.42 Å². The minimum absolute atomic E-state index is 0.0177. The molecule has 5 N–H and O–H groups in total. The van der Waals surface area contributed by atoms with Gasteiger partial charge in [0.15, 0.2) is 0 Å². The highest BCUT2D eigenvalue weighted by Gasteiger charge is 2.28. The molecular formula is C29H54N6O6. The Morgan fingerprint density at radius 2 is 1.29 bits per heavy atom. The monoisotopic (exact) mass is 582 g/mol. The second kappa shape index (κ2) is 22.9. The Labute approximate surface area is 245 Å². The van der Waals surface area contributed by atoms with E-state index in [9.17, 15) is 24.0 Å². The average molecular weight is 583 g/mol. The van der Waals surface area contributed by atoms with Crippen LogP contribution in [0.15, 0.2) is 0 Å². The number of hydrogen-bond acceptors (Lipinski definition) is 7. The average Bonchev–Trinajstić information content (AvgIpc) is 2.94. The molecule has 0 heterocycles. The number of nitrogens with one attached hydrogen (secondary N) is 2. The summed E-state index contributed by atoms with van der Waals surface area (Å²) in [6.07, 6.45) is 11.8. The van der Waals surface area contributed by atoms with Crippen LogP contribution in [0.25, 0.3) is 0 Å². The summed E-state index contributed by atoms with van der Waals surface area (Å²) in [4.78, 5) is 63.2. The van der Waals surface area contributed by atoms with Crippen LogP contribution in [0.3, 0.4) is 0 Å². The van der Waals surface area contributed by atoms with Crippen LogP contribution in [0, 0.1) is 0 Å². The molecule has 236 valence electrons. The third-order valence-corrected chi connectivity index (χ3v) is 7.50. The predicted molar refractivity (Wildman–Crippen MR) is 157 cm³/mol. The zero-order valence-electron chi connectivity index (χ0n) is 25.1. The molecule has 41 heavy (non-hydrogen) atoms. The summed E-state index contributed by atoms with van der Waals surface area (Å²) in [7, 11) is 1.77. The zero-order chi connectivity index (χ0) is 30.3. The van der Waals surface area contributed by atoms with Gasteiger partial charge in [-0.2, -0.15) is 0 Å². The Morgan fingerprint density at radius 3 is 1.83 bits per heavy atom.